The molecule has 0 amide bonds. The molecule has 0 saturated carbocycles. The third-order valence-electron chi connectivity index (χ3n) is 4.55. The number of hydrogen-bond donors (Lipinski definition) is 1. The minimum atomic E-state index is -0.403. The van der Waals surface area contributed by atoms with Gasteiger partial charge in [0.25, 0.3) is 0 Å². The fraction of sp³-hybridized carbons (Fsp3) is 0.0455. The summed E-state index contributed by atoms with van der Waals surface area (Å²) in [4.78, 5) is 16.3. The van der Waals surface area contributed by atoms with Crippen LogP contribution in [0, 0.1) is 10.1 Å². The van der Waals surface area contributed by atoms with Crippen LogP contribution in [-0.2, 0) is 6.54 Å². The highest BCUT2D eigenvalue weighted by Gasteiger charge is 2.27. The maximum Gasteiger partial charge on any atom is 0.319 e. The molecule has 29 heavy (non-hydrogen) atoms. The molecule has 3 aromatic carbocycles. The molecular formula is C22H15BrClN3O2. The fourth-order valence-corrected chi connectivity index (χ4v) is 3.84. The molecule has 4 aromatic rings. The van der Waals surface area contributed by atoms with E-state index in [4.69, 9.17) is 11.6 Å². The smallest absolute Gasteiger partial charge is 0.319 e. The van der Waals surface area contributed by atoms with Crippen molar-refractivity contribution >= 4 is 49.9 Å². The standard InChI is InChI=1S/C22H15BrClN3O2/c23-15-10-11-19-17(12-15)20(16-8-4-5-9-18(16)24)21(27(28)29)22(26-19)25-13-14-6-2-1-3-7-14/h1-12H,13H2,(H,25,26). The summed E-state index contributed by atoms with van der Waals surface area (Å²) in [6, 6.07) is 22.3. The van der Waals surface area contributed by atoms with E-state index in [0.717, 1.165) is 10.0 Å². The number of fused-ring (bicyclic) bond motifs is 1. The van der Waals surface area contributed by atoms with Gasteiger partial charge in [-0.25, -0.2) is 4.98 Å². The first-order valence-corrected chi connectivity index (χ1v) is 10.0. The predicted molar refractivity (Wildman–Crippen MR) is 120 cm³/mol. The van der Waals surface area contributed by atoms with Crippen LogP contribution in [0.2, 0.25) is 5.02 Å². The highest BCUT2D eigenvalue weighted by Crippen LogP contribution is 2.43. The molecule has 0 aliphatic heterocycles. The van der Waals surface area contributed by atoms with Gasteiger partial charge in [0, 0.05) is 27.0 Å². The molecule has 1 aromatic heterocycles. The first-order chi connectivity index (χ1) is 14.0. The normalized spacial score (nSPS) is 10.8. The zero-order valence-electron chi connectivity index (χ0n) is 15.1. The molecule has 0 aliphatic rings. The van der Waals surface area contributed by atoms with Crippen LogP contribution >= 0.6 is 27.5 Å². The van der Waals surface area contributed by atoms with Crippen molar-refractivity contribution < 1.29 is 4.92 Å². The van der Waals surface area contributed by atoms with Gasteiger partial charge in [-0.1, -0.05) is 76.1 Å². The Kier molecular flexibility index (Phi) is 5.47. The number of hydrogen-bond acceptors (Lipinski definition) is 4. The molecule has 1 heterocycles. The van der Waals surface area contributed by atoms with Crippen LogP contribution in [-0.4, -0.2) is 9.91 Å². The molecule has 0 saturated heterocycles. The van der Waals surface area contributed by atoms with Crippen molar-refractivity contribution in [2.75, 3.05) is 5.32 Å². The van der Waals surface area contributed by atoms with Gasteiger partial charge in [0.2, 0.25) is 5.82 Å². The third-order valence-corrected chi connectivity index (χ3v) is 5.37. The minimum Gasteiger partial charge on any atom is -0.360 e. The van der Waals surface area contributed by atoms with E-state index in [0.29, 0.717) is 33.6 Å². The van der Waals surface area contributed by atoms with Crippen molar-refractivity contribution in [2.45, 2.75) is 6.54 Å². The number of nitrogens with one attached hydrogen (secondary N) is 1. The number of halogens is 2. The van der Waals surface area contributed by atoms with Gasteiger partial charge in [-0.2, -0.15) is 0 Å². The molecule has 4 rings (SSSR count). The second kappa shape index (κ2) is 8.19. The van der Waals surface area contributed by atoms with E-state index in [9.17, 15) is 10.1 Å². The van der Waals surface area contributed by atoms with Crippen molar-refractivity contribution in [3.8, 4) is 11.1 Å². The third kappa shape index (κ3) is 3.95. The van der Waals surface area contributed by atoms with Crippen molar-refractivity contribution in [3.05, 3.63) is 98.0 Å². The summed E-state index contributed by atoms with van der Waals surface area (Å²) in [5, 5.41) is 16.4. The predicted octanol–water partition coefficient (Wildman–Crippen LogP) is 6.84. The average molecular weight is 469 g/mol. The molecule has 7 heteroatoms. The summed E-state index contributed by atoms with van der Waals surface area (Å²) in [5.41, 5.74) is 2.58. The van der Waals surface area contributed by atoms with Crippen LogP contribution in [0.3, 0.4) is 0 Å². The van der Waals surface area contributed by atoms with Gasteiger partial charge < -0.3 is 5.32 Å². The number of nitrogens with zero attached hydrogens (tertiary/aromatic N) is 2. The number of rotatable bonds is 5. The molecular weight excluding hydrogens is 454 g/mol. The molecule has 0 bridgehead atoms. The van der Waals surface area contributed by atoms with E-state index in [-0.39, 0.29) is 11.5 Å². The molecule has 1 N–H and O–H groups in total. The maximum absolute atomic E-state index is 12.1. The van der Waals surface area contributed by atoms with Crippen LogP contribution in [0.15, 0.2) is 77.3 Å². The quantitative estimate of drug-likeness (QED) is 0.257. The van der Waals surface area contributed by atoms with Crippen molar-refractivity contribution in [2.24, 2.45) is 0 Å². The largest absolute Gasteiger partial charge is 0.360 e. The Morgan fingerprint density at radius 2 is 1.76 bits per heavy atom. The summed E-state index contributed by atoms with van der Waals surface area (Å²) in [5.74, 6) is 0.212. The average Bonchev–Trinajstić information content (AvgIpc) is 2.72. The lowest BCUT2D eigenvalue weighted by Crippen LogP contribution is -2.07. The number of aromatic nitrogens is 1. The zero-order chi connectivity index (χ0) is 20.4. The van der Waals surface area contributed by atoms with Gasteiger partial charge in [0.05, 0.1) is 16.0 Å². The first-order valence-electron chi connectivity index (χ1n) is 8.85. The summed E-state index contributed by atoms with van der Waals surface area (Å²) < 4.78 is 0.805. The van der Waals surface area contributed by atoms with Crippen LogP contribution in [0.25, 0.3) is 22.0 Å². The van der Waals surface area contributed by atoms with E-state index in [2.05, 4.69) is 26.2 Å². The lowest BCUT2D eigenvalue weighted by atomic mass is 9.99. The topological polar surface area (TPSA) is 68.1 Å². The summed E-state index contributed by atoms with van der Waals surface area (Å²) >= 11 is 9.88. The van der Waals surface area contributed by atoms with E-state index in [1.54, 1.807) is 18.2 Å². The second-order valence-electron chi connectivity index (χ2n) is 6.42. The maximum atomic E-state index is 12.1. The highest BCUT2D eigenvalue weighted by molar-refractivity contribution is 9.10. The Bertz CT molecular complexity index is 1220. The van der Waals surface area contributed by atoms with Gasteiger partial charge in [0.1, 0.15) is 0 Å². The Balaban J connectivity index is 1.97. The zero-order valence-corrected chi connectivity index (χ0v) is 17.4. The Hall–Kier alpha value is -2.96. The van der Waals surface area contributed by atoms with E-state index >= 15 is 0 Å². The number of benzene rings is 3. The lowest BCUT2D eigenvalue weighted by Gasteiger charge is -2.14. The molecule has 5 nitrogen and oxygen atoms in total. The van der Waals surface area contributed by atoms with Crippen molar-refractivity contribution in [3.63, 3.8) is 0 Å². The molecule has 144 valence electrons. The summed E-state index contributed by atoms with van der Waals surface area (Å²) in [6.07, 6.45) is 0. The Morgan fingerprint density at radius 1 is 1.03 bits per heavy atom. The van der Waals surface area contributed by atoms with Gasteiger partial charge in [0.15, 0.2) is 0 Å². The SMILES string of the molecule is O=[N+]([O-])c1c(NCc2ccccc2)nc2ccc(Br)cc2c1-c1ccccc1Cl. The molecule has 0 atom stereocenters. The monoisotopic (exact) mass is 467 g/mol. The van der Waals surface area contributed by atoms with Crippen LogP contribution < -0.4 is 5.32 Å². The van der Waals surface area contributed by atoms with E-state index < -0.39 is 4.92 Å². The summed E-state index contributed by atoms with van der Waals surface area (Å²) in [7, 11) is 0. The minimum absolute atomic E-state index is 0.0976. The van der Waals surface area contributed by atoms with Crippen molar-refractivity contribution in [1.82, 2.24) is 4.98 Å². The molecule has 0 aliphatic carbocycles. The fourth-order valence-electron chi connectivity index (χ4n) is 3.24. The Morgan fingerprint density at radius 3 is 2.48 bits per heavy atom. The lowest BCUT2D eigenvalue weighted by molar-refractivity contribution is -0.383. The first kappa shape index (κ1) is 19.4. The van der Waals surface area contributed by atoms with Crippen molar-refractivity contribution in [1.29, 1.82) is 0 Å². The van der Waals surface area contributed by atoms with E-state index in [1.165, 1.54) is 0 Å². The highest BCUT2D eigenvalue weighted by atomic mass is 79.9. The van der Waals surface area contributed by atoms with Crippen LogP contribution in [0.4, 0.5) is 11.5 Å². The number of nitro groups is 1. The van der Waals surface area contributed by atoms with E-state index in [1.807, 2.05) is 54.6 Å². The second-order valence-corrected chi connectivity index (χ2v) is 7.74. The molecule has 0 fully saturated rings. The Labute approximate surface area is 180 Å². The number of pyridine rings is 1. The van der Waals surface area contributed by atoms with Gasteiger partial charge in [-0.15, -0.1) is 0 Å². The molecule has 0 radical (unpaired) electrons. The molecule has 0 unspecified atom stereocenters. The van der Waals surface area contributed by atoms with Gasteiger partial charge >= 0.3 is 5.69 Å². The van der Waals surface area contributed by atoms with Crippen LogP contribution in [0.1, 0.15) is 5.56 Å². The molecule has 0 spiro atoms. The number of anilines is 1. The summed E-state index contributed by atoms with van der Waals surface area (Å²) in [6.45, 7) is 0.415. The van der Waals surface area contributed by atoms with Crippen LogP contribution in [0.5, 0.6) is 0 Å². The van der Waals surface area contributed by atoms with Gasteiger partial charge in [-0.3, -0.25) is 10.1 Å². The van der Waals surface area contributed by atoms with Gasteiger partial charge in [-0.05, 0) is 29.8 Å².